The fourth-order valence-electron chi connectivity index (χ4n) is 3.46. The van der Waals surface area contributed by atoms with E-state index in [4.69, 9.17) is 0 Å². The third-order valence-electron chi connectivity index (χ3n) is 5.36. The van der Waals surface area contributed by atoms with Gasteiger partial charge < -0.3 is 5.32 Å². The van der Waals surface area contributed by atoms with Gasteiger partial charge in [-0.2, -0.15) is 13.2 Å². The number of nitrogens with one attached hydrogen (secondary N) is 1. The fourth-order valence-corrected chi connectivity index (χ4v) is 5.23. The molecule has 0 bridgehead atoms. The second kappa shape index (κ2) is 9.82. The summed E-state index contributed by atoms with van der Waals surface area (Å²) in [6.45, 7) is 0. The number of nitrogens with zero attached hydrogens (tertiary/aromatic N) is 4. The van der Waals surface area contributed by atoms with E-state index in [0.29, 0.717) is 34.5 Å². The molecule has 0 atom stereocenters. The number of thioether (sulfide) groups is 1. The highest BCUT2D eigenvalue weighted by atomic mass is 32.2. The summed E-state index contributed by atoms with van der Waals surface area (Å²) in [5.41, 5.74) is 0.941. The Balaban J connectivity index is 1.41. The minimum Gasteiger partial charge on any atom is -0.348 e. The predicted molar refractivity (Wildman–Crippen MR) is 128 cm³/mol. The van der Waals surface area contributed by atoms with Gasteiger partial charge in [0.2, 0.25) is 0 Å². The molecule has 35 heavy (non-hydrogen) atoms. The number of carbonyl (C=O) groups excluding carboxylic acids is 1. The van der Waals surface area contributed by atoms with Crippen LogP contribution in [-0.4, -0.2) is 31.7 Å². The normalized spacial score (nSPS) is 13.7. The van der Waals surface area contributed by atoms with Crippen LogP contribution in [-0.2, 0) is 18.3 Å². The van der Waals surface area contributed by atoms with E-state index in [2.05, 4.69) is 20.5 Å². The van der Waals surface area contributed by atoms with Gasteiger partial charge in [-0.15, -0.1) is 21.5 Å². The molecule has 11 heteroatoms. The summed E-state index contributed by atoms with van der Waals surface area (Å²) in [6.07, 6.45) is -2.06. The third kappa shape index (κ3) is 5.73. The van der Waals surface area contributed by atoms with Crippen LogP contribution in [0.3, 0.4) is 0 Å². The van der Waals surface area contributed by atoms with Crippen molar-refractivity contribution < 1.29 is 18.0 Å². The summed E-state index contributed by atoms with van der Waals surface area (Å²) in [5.74, 6) is 0.753. The van der Waals surface area contributed by atoms with Crippen LogP contribution in [0.4, 0.5) is 13.2 Å². The number of amides is 1. The Morgan fingerprint density at radius 3 is 2.66 bits per heavy atom. The van der Waals surface area contributed by atoms with E-state index in [0.717, 1.165) is 35.5 Å². The van der Waals surface area contributed by atoms with Crippen LogP contribution < -0.4 is 5.32 Å². The van der Waals surface area contributed by atoms with Crippen LogP contribution in [0.5, 0.6) is 0 Å². The molecule has 180 valence electrons. The lowest BCUT2D eigenvalue weighted by atomic mass is 10.1. The highest BCUT2D eigenvalue weighted by Crippen LogP contribution is 2.33. The van der Waals surface area contributed by atoms with Crippen LogP contribution in [0.2, 0.25) is 0 Å². The van der Waals surface area contributed by atoms with Crippen LogP contribution in [0, 0.1) is 0 Å². The summed E-state index contributed by atoms with van der Waals surface area (Å²) >= 11 is 2.68. The summed E-state index contributed by atoms with van der Waals surface area (Å²) in [6, 6.07) is 14.9. The molecule has 2 heterocycles. The average molecular weight is 516 g/mol. The second-order valence-electron chi connectivity index (χ2n) is 8.11. The third-order valence-corrected chi connectivity index (χ3v) is 7.33. The molecule has 2 aromatic carbocycles. The van der Waals surface area contributed by atoms with Gasteiger partial charge in [-0.3, -0.25) is 9.36 Å². The fraction of sp³-hybridized carbons (Fsp3) is 0.250. The minimum atomic E-state index is -4.46. The molecule has 1 fully saturated rings. The first-order valence-corrected chi connectivity index (χ1v) is 12.8. The quantitative estimate of drug-likeness (QED) is 0.313. The van der Waals surface area contributed by atoms with Crippen LogP contribution >= 0.6 is 23.1 Å². The Kier molecular flexibility index (Phi) is 6.61. The van der Waals surface area contributed by atoms with Gasteiger partial charge in [-0.05, 0) is 36.6 Å². The number of hydrogen-bond acceptors (Lipinski definition) is 6. The van der Waals surface area contributed by atoms with Crippen LogP contribution in [0.1, 0.15) is 45.3 Å². The molecule has 0 unspecified atom stereocenters. The topological polar surface area (TPSA) is 72.7 Å². The van der Waals surface area contributed by atoms with Crippen molar-refractivity contribution in [1.82, 2.24) is 25.1 Å². The maximum absolute atomic E-state index is 13.4. The Hall–Kier alpha value is -3.18. The molecule has 1 saturated carbocycles. The molecule has 2 aromatic heterocycles. The lowest BCUT2D eigenvalue weighted by molar-refractivity contribution is -0.137. The highest BCUT2D eigenvalue weighted by Gasteiger charge is 2.31. The van der Waals surface area contributed by atoms with Gasteiger partial charge >= 0.3 is 6.18 Å². The van der Waals surface area contributed by atoms with Crippen molar-refractivity contribution in [3.63, 3.8) is 0 Å². The van der Waals surface area contributed by atoms with E-state index < -0.39 is 11.7 Å². The van der Waals surface area contributed by atoms with Crippen molar-refractivity contribution in [3.05, 3.63) is 87.6 Å². The van der Waals surface area contributed by atoms with Gasteiger partial charge in [0.25, 0.3) is 5.91 Å². The molecule has 4 aromatic rings. The number of thiazole rings is 1. The SMILES string of the molecule is O=C(NC1CC1)c1csc(CSc2nnc(Cc3ccccc3)n2-c2cccc(C(F)(F)F)c2)n1. The van der Waals surface area contributed by atoms with Crippen molar-refractivity contribution in [2.24, 2.45) is 0 Å². The molecule has 1 aliphatic carbocycles. The molecule has 0 spiro atoms. The first-order chi connectivity index (χ1) is 16.9. The van der Waals surface area contributed by atoms with E-state index in [-0.39, 0.29) is 11.9 Å². The van der Waals surface area contributed by atoms with Crippen molar-refractivity contribution in [3.8, 4) is 5.69 Å². The molecule has 1 amide bonds. The lowest BCUT2D eigenvalue weighted by Crippen LogP contribution is -2.25. The second-order valence-corrected chi connectivity index (χ2v) is 9.99. The number of halogens is 3. The first-order valence-electron chi connectivity index (χ1n) is 10.9. The van der Waals surface area contributed by atoms with Crippen LogP contribution in [0.15, 0.2) is 65.1 Å². The van der Waals surface area contributed by atoms with E-state index in [1.165, 1.54) is 29.2 Å². The molecule has 0 aliphatic heterocycles. The molecular weight excluding hydrogens is 495 g/mol. The molecule has 6 nitrogen and oxygen atoms in total. The summed E-state index contributed by atoms with van der Waals surface area (Å²) in [4.78, 5) is 16.6. The smallest absolute Gasteiger partial charge is 0.348 e. The molecular formula is C24H20F3N5OS2. The maximum atomic E-state index is 13.4. The molecule has 0 radical (unpaired) electrons. The Morgan fingerprint density at radius 2 is 1.91 bits per heavy atom. The van der Waals surface area contributed by atoms with Gasteiger partial charge in [0.05, 0.1) is 17.0 Å². The maximum Gasteiger partial charge on any atom is 0.416 e. The molecule has 0 saturated heterocycles. The van der Waals surface area contributed by atoms with Gasteiger partial charge in [0.15, 0.2) is 5.16 Å². The van der Waals surface area contributed by atoms with Gasteiger partial charge in [0, 0.05) is 17.8 Å². The van der Waals surface area contributed by atoms with Crippen molar-refractivity contribution in [2.45, 2.75) is 42.4 Å². The van der Waals surface area contributed by atoms with Crippen molar-refractivity contribution in [2.75, 3.05) is 0 Å². The van der Waals surface area contributed by atoms with E-state index in [1.807, 2.05) is 30.3 Å². The van der Waals surface area contributed by atoms with Gasteiger partial charge in [0.1, 0.15) is 16.5 Å². The van der Waals surface area contributed by atoms with Gasteiger partial charge in [-0.1, -0.05) is 48.2 Å². The average Bonchev–Trinajstić information content (AvgIpc) is 3.37. The number of rotatable bonds is 8. The number of alkyl halides is 3. The summed E-state index contributed by atoms with van der Waals surface area (Å²) in [7, 11) is 0. The van der Waals surface area contributed by atoms with Crippen molar-refractivity contribution >= 4 is 29.0 Å². The zero-order valence-corrected chi connectivity index (χ0v) is 20.0. The summed E-state index contributed by atoms with van der Waals surface area (Å²) < 4.78 is 41.8. The summed E-state index contributed by atoms with van der Waals surface area (Å²) in [5, 5.41) is 14.4. The first kappa shape index (κ1) is 23.6. The minimum absolute atomic E-state index is 0.183. The Bertz CT molecular complexity index is 1330. The zero-order chi connectivity index (χ0) is 24.4. The van der Waals surface area contributed by atoms with Crippen LogP contribution in [0.25, 0.3) is 5.69 Å². The Morgan fingerprint density at radius 1 is 1.11 bits per heavy atom. The zero-order valence-electron chi connectivity index (χ0n) is 18.3. The number of hydrogen-bond donors (Lipinski definition) is 1. The largest absolute Gasteiger partial charge is 0.416 e. The monoisotopic (exact) mass is 515 g/mol. The van der Waals surface area contributed by atoms with E-state index in [1.54, 1.807) is 16.0 Å². The van der Waals surface area contributed by atoms with E-state index in [9.17, 15) is 18.0 Å². The molecule has 1 N–H and O–H groups in total. The lowest BCUT2D eigenvalue weighted by Gasteiger charge is -2.13. The number of aromatic nitrogens is 4. The molecule has 5 rings (SSSR count). The van der Waals surface area contributed by atoms with Crippen molar-refractivity contribution in [1.29, 1.82) is 0 Å². The highest BCUT2D eigenvalue weighted by molar-refractivity contribution is 7.98. The van der Waals surface area contributed by atoms with E-state index >= 15 is 0 Å². The predicted octanol–water partition coefficient (Wildman–Crippen LogP) is 5.52. The Labute approximate surface area is 207 Å². The van der Waals surface area contributed by atoms with Gasteiger partial charge in [-0.25, -0.2) is 4.98 Å². The number of carbonyl (C=O) groups is 1. The standard InChI is InChI=1S/C24H20F3N5OS2/c25-24(26,27)16-7-4-8-18(12-16)32-20(11-15-5-2-1-3-6-15)30-31-23(32)35-14-21-29-19(13-34-21)22(33)28-17-9-10-17/h1-8,12-13,17H,9-11,14H2,(H,28,33). The molecule has 1 aliphatic rings. The number of benzene rings is 2.